The van der Waals surface area contributed by atoms with Crippen molar-refractivity contribution in [2.45, 2.75) is 38.1 Å². The molecule has 0 aliphatic heterocycles. The minimum Gasteiger partial charge on any atom is -0.320 e. The summed E-state index contributed by atoms with van der Waals surface area (Å²) in [5.74, 6) is 0.728. The van der Waals surface area contributed by atoms with E-state index in [2.05, 4.69) is 53.2 Å². The molecule has 1 heterocycles. The van der Waals surface area contributed by atoms with Crippen LogP contribution in [0.1, 0.15) is 52.8 Å². The number of aryl methyl sites for hydroxylation is 1. The van der Waals surface area contributed by atoms with Gasteiger partial charge in [-0.25, -0.2) is 0 Å². The number of hydrogen-bond acceptors (Lipinski definition) is 2. The molecule has 1 aliphatic rings. The van der Waals surface area contributed by atoms with E-state index in [1.807, 2.05) is 0 Å². The monoisotopic (exact) mass is 335 g/mol. The third kappa shape index (κ3) is 2.51. The van der Waals surface area contributed by atoms with Crippen molar-refractivity contribution in [1.82, 2.24) is 0 Å². The SMILES string of the molecule is Cc1cc(C(N)c2ccccc2C2CCC2)sc1Br. The van der Waals surface area contributed by atoms with Crippen LogP contribution in [0.3, 0.4) is 0 Å². The molecule has 1 aromatic carbocycles. The third-order valence-electron chi connectivity index (χ3n) is 4.06. The summed E-state index contributed by atoms with van der Waals surface area (Å²) in [4.78, 5) is 1.25. The van der Waals surface area contributed by atoms with Crippen LogP contribution in [0.2, 0.25) is 0 Å². The van der Waals surface area contributed by atoms with E-state index in [-0.39, 0.29) is 6.04 Å². The molecule has 0 radical (unpaired) electrons. The summed E-state index contributed by atoms with van der Waals surface area (Å²) in [7, 11) is 0. The minimum atomic E-state index is 0.00630. The maximum absolute atomic E-state index is 6.51. The molecule has 0 bridgehead atoms. The highest BCUT2D eigenvalue weighted by molar-refractivity contribution is 9.11. The van der Waals surface area contributed by atoms with Crippen LogP contribution in [0.25, 0.3) is 0 Å². The molecule has 1 saturated carbocycles. The molecular formula is C16H18BrNS. The first-order valence-corrected chi connectivity index (χ1v) is 8.38. The summed E-state index contributed by atoms with van der Waals surface area (Å²) in [6.45, 7) is 2.12. The van der Waals surface area contributed by atoms with Gasteiger partial charge in [-0.05, 0) is 64.4 Å². The van der Waals surface area contributed by atoms with Gasteiger partial charge in [0.25, 0.3) is 0 Å². The maximum Gasteiger partial charge on any atom is 0.0731 e. The first-order chi connectivity index (χ1) is 9.16. The second-order valence-electron chi connectivity index (χ2n) is 5.34. The van der Waals surface area contributed by atoms with Gasteiger partial charge in [0.2, 0.25) is 0 Å². The Morgan fingerprint density at radius 3 is 2.63 bits per heavy atom. The van der Waals surface area contributed by atoms with Gasteiger partial charge in [-0.2, -0.15) is 0 Å². The number of benzene rings is 1. The van der Waals surface area contributed by atoms with Crippen molar-refractivity contribution < 1.29 is 0 Å². The highest BCUT2D eigenvalue weighted by Crippen LogP contribution is 2.41. The average molecular weight is 336 g/mol. The van der Waals surface area contributed by atoms with E-state index in [0.29, 0.717) is 0 Å². The summed E-state index contributed by atoms with van der Waals surface area (Å²) in [5.41, 5.74) is 10.5. The molecule has 1 fully saturated rings. The van der Waals surface area contributed by atoms with Gasteiger partial charge in [0.15, 0.2) is 0 Å². The first kappa shape index (κ1) is 13.3. The topological polar surface area (TPSA) is 26.0 Å². The maximum atomic E-state index is 6.51. The normalized spacial score (nSPS) is 17.2. The summed E-state index contributed by atoms with van der Waals surface area (Å²) in [6, 6.07) is 10.9. The molecular weight excluding hydrogens is 318 g/mol. The van der Waals surface area contributed by atoms with Crippen LogP contribution in [-0.4, -0.2) is 0 Å². The van der Waals surface area contributed by atoms with Crippen molar-refractivity contribution in [1.29, 1.82) is 0 Å². The number of hydrogen-bond donors (Lipinski definition) is 1. The van der Waals surface area contributed by atoms with E-state index in [4.69, 9.17) is 5.73 Å². The molecule has 1 aromatic heterocycles. The zero-order valence-corrected chi connectivity index (χ0v) is 13.4. The molecule has 0 spiro atoms. The summed E-state index contributed by atoms with van der Waals surface area (Å²) in [6.07, 6.45) is 3.99. The molecule has 19 heavy (non-hydrogen) atoms. The van der Waals surface area contributed by atoms with Crippen molar-refractivity contribution in [3.63, 3.8) is 0 Å². The van der Waals surface area contributed by atoms with Crippen molar-refractivity contribution in [3.05, 3.63) is 55.7 Å². The van der Waals surface area contributed by atoms with Gasteiger partial charge in [0.1, 0.15) is 0 Å². The summed E-state index contributed by atoms with van der Waals surface area (Å²) < 4.78 is 1.19. The molecule has 1 nitrogen and oxygen atoms in total. The fourth-order valence-corrected chi connectivity index (χ4v) is 4.27. The Kier molecular flexibility index (Phi) is 3.79. The minimum absolute atomic E-state index is 0.00630. The van der Waals surface area contributed by atoms with E-state index in [0.717, 1.165) is 5.92 Å². The smallest absolute Gasteiger partial charge is 0.0731 e. The second-order valence-corrected chi connectivity index (χ2v) is 7.74. The lowest BCUT2D eigenvalue weighted by atomic mass is 9.77. The Morgan fingerprint density at radius 2 is 2.05 bits per heavy atom. The van der Waals surface area contributed by atoms with E-state index in [1.165, 1.54) is 44.6 Å². The Morgan fingerprint density at radius 1 is 1.32 bits per heavy atom. The van der Waals surface area contributed by atoms with Crippen LogP contribution >= 0.6 is 27.3 Å². The molecule has 2 N–H and O–H groups in total. The molecule has 1 aliphatic carbocycles. The predicted octanol–water partition coefficient (Wildman–Crippen LogP) is 5.13. The summed E-state index contributed by atoms with van der Waals surface area (Å²) >= 11 is 5.35. The van der Waals surface area contributed by atoms with Crippen LogP contribution < -0.4 is 5.73 Å². The molecule has 100 valence electrons. The molecule has 1 unspecified atom stereocenters. The Hall–Kier alpha value is -0.640. The van der Waals surface area contributed by atoms with E-state index in [1.54, 1.807) is 11.3 Å². The van der Waals surface area contributed by atoms with Gasteiger partial charge in [-0.3, -0.25) is 0 Å². The van der Waals surface area contributed by atoms with Crippen molar-refractivity contribution in [2.75, 3.05) is 0 Å². The molecule has 0 amide bonds. The number of nitrogens with two attached hydrogens (primary N) is 1. The standard InChI is InChI=1S/C16H18BrNS/c1-10-9-14(19-16(10)17)15(18)13-8-3-2-7-12(13)11-5-4-6-11/h2-3,7-9,11,15H,4-6,18H2,1H3. The molecule has 3 heteroatoms. The number of rotatable bonds is 3. The van der Waals surface area contributed by atoms with E-state index >= 15 is 0 Å². The van der Waals surface area contributed by atoms with Crippen molar-refractivity contribution in [2.24, 2.45) is 5.73 Å². The van der Waals surface area contributed by atoms with Crippen molar-refractivity contribution >= 4 is 27.3 Å². The van der Waals surface area contributed by atoms with Crippen LogP contribution in [0.15, 0.2) is 34.1 Å². The van der Waals surface area contributed by atoms with Gasteiger partial charge in [0.05, 0.1) is 9.83 Å². The van der Waals surface area contributed by atoms with E-state index < -0.39 is 0 Å². The third-order valence-corrected chi connectivity index (χ3v) is 6.28. The molecule has 3 rings (SSSR count). The Bertz CT molecular complexity index is 567. The zero-order chi connectivity index (χ0) is 13.4. The Labute approximate surface area is 127 Å². The predicted molar refractivity (Wildman–Crippen MR) is 85.8 cm³/mol. The van der Waals surface area contributed by atoms with Crippen molar-refractivity contribution in [3.8, 4) is 0 Å². The van der Waals surface area contributed by atoms with Gasteiger partial charge in [0, 0.05) is 4.88 Å². The highest BCUT2D eigenvalue weighted by Gasteiger charge is 2.24. The summed E-state index contributed by atoms with van der Waals surface area (Å²) in [5, 5.41) is 0. The average Bonchev–Trinajstić information content (AvgIpc) is 2.67. The fraction of sp³-hybridized carbons (Fsp3) is 0.375. The molecule has 1 atom stereocenters. The fourth-order valence-electron chi connectivity index (χ4n) is 2.68. The van der Waals surface area contributed by atoms with Gasteiger partial charge in [-0.1, -0.05) is 30.7 Å². The second kappa shape index (κ2) is 5.39. The highest BCUT2D eigenvalue weighted by atomic mass is 79.9. The largest absolute Gasteiger partial charge is 0.320 e. The van der Waals surface area contributed by atoms with Gasteiger partial charge < -0.3 is 5.73 Å². The van der Waals surface area contributed by atoms with Gasteiger partial charge >= 0.3 is 0 Å². The lowest BCUT2D eigenvalue weighted by Crippen LogP contribution is -2.17. The molecule has 2 aromatic rings. The van der Waals surface area contributed by atoms with Crippen LogP contribution in [0, 0.1) is 6.92 Å². The molecule has 0 saturated heterocycles. The number of thiophene rings is 1. The lowest BCUT2D eigenvalue weighted by molar-refractivity contribution is 0.416. The number of halogens is 1. The van der Waals surface area contributed by atoms with Crippen LogP contribution in [0.4, 0.5) is 0 Å². The van der Waals surface area contributed by atoms with E-state index in [9.17, 15) is 0 Å². The van der Waals surface area contributed by atoms with Crippen LogP contribution in [-0.2, 0) is 0 Å². The lowest BCUT2D eigenvalue weighted by Gasteiger charge is -2.29. The van der Waals surface area contributed by atoms with Gasteiger partial charge in [-0.15, -0.1) is 11.3 Å². The first-order valence-electron chi connectivity index (χ1n) is 6.77. The Balaban J connectivity index is 1.96. The quantitative estimate of drug-likeness (QED) is 0.826. The van der Waals surface area contributed by atoms with Crippen LogP contribution in [0.5, 0.6) is 0 Å². The zero-order valence-electron chi connectivity index (χ0n) is 11.0.